The summed E-state index contributed by atoms with van der Waals surface area (Å²) in [4.78, 5) is 9.95. The first-order valence-corrected chi connectivity index (χ1v) is 8.55. The molecule has 0 unspecified atom stereocenters. The van der Waals surface area contributed by atoms with Crippen LogP contribution in [0.2, 0.25) is 0 Å². The minimum atomic E-state index is 0.534. The lowest BCUT2D eigenvalue weighted by atomic mass is 10.1. The van der Waals surface area contributed by atoms with Gasteiger partial charge in [0.05, 0.1) is 6.54 Å². The Morgan fingerprint density at radius 3 is 2.70 bits per heavy atom. The van der Waals surface area contributed by atoms with E-state index in [1.54, 1.807) is 11.3 Å². The first kappa shape index (κ1) is 17.0. The van der Waals surface area contributed by atoms with Crippen molar-refractivity contribution in [1.29, 1.82) is 0 Å². The molecule has 1 heterocycles. The Balaban J connectivity index is 2.09. The van der Waals surface area contributed by atoms with Gasteiger partial charge in [-0.25, -0.2) is 9.98 Å². The molecule has 0 fully saturated rings. The Kier molecular flexibility index (Phi) is 9.04. The lowest BCUT2D eigenvalue weighted by Crippen LogP contribution is -2.32. The molecule has 5 heteroatoms. The van der Waals surface area contributed by atoms with Gasteiger partial charge in [0.15, 0.2) is 5.96 Å². The molecule has 0 bridgehead atoms. The van der Waals surface area contributed by atoms with E-state index in [9.17, 15) is 0 Å². The highest BCUT2D eigenvalue weighted by Crippen LogP contribution is 2.13. The minimum Gasteiger partial charge on any atom is -0.370 e. The molecule has 3 N–H and O–H groups in total. The van der Waals surface area contributed by atoms with Gasteiger partial charge in [0.1, 0.15) is 5.01 Å². The van der Waals surface area contributed by atoms with E-state index in [-0.39, 0.29) is 0 Å². The fraction of sp³-hybridized carbons (Fsp3) is 0.733. The van der Waals surface area contributed by atoms with Gasteiger partial charge >= 0.3 is 0 Å². The van der Waals surface area contributed by atoms with E-state index in [4.69, 9.17) is 5.73 Å². The van der Waals surface area contributed by atoms with Crippen LogP contribution in [0.3, 0.4) is 0 Å². The van der Waals surface area contributed by atoms with E-state index in [0.29, 0.717) is 12.5 Å². The Morgan fingerprint density at radius 2 is 2.00 bits per heavy atom. The van der Waals surface area contributed by atoms with Gasteiger partial charge in [-0.2, -0.15) is 0 Å². The number of aryl methyl sites for hydroxylation is 1. The molecule has 1 aromatic heterocycles. The van der Waals surface area contributed by atoms with E-state index in [2.05, 4.69) is 29.1 Å². The van der Waals surface area contributed by atoms with Crippen LogP contribution in [0.4, 0.5) is 0 Å². The molecule has 1 aromatic rings. The van der Waals surface area contributed by atoms with Crippen molar-refractivity contribution in [2.24, 2.45) is 10.7 Å². The first-order valence-electron chi connectivity index (χ1n) is 7.73. The molecule has 4 nitrogen and oxygen atoms in total. The van der Waals surface area contributed by atoms with Crippen LogP contribution < -0.4 is 11.1 Å². The van der Waals surface area contributed by atoms with Crippen molar-refractivity contribution in [2.75, 3.05) is 6.54 Å². The van der Waals surface area contributed by atoms with E-state index in [0.717, 1.165) is 24.4 Å². The quantitative estimate of drug-likeness (QED) is 0.395. The molecule has 0 aromatic carbocycles. The lowest BCUT2D eigenvalue weighted by Gasteiger charge is -2.05. The third-order valence-electron chi connectivity index (χ3n) is 3.17. The molecule has 0 radical (unpaired) electrons. The summed E-state index contributed by atoms with van der Waals surface area (Å²) in [5, 5.41) is 4.20. The molecule has 0 saturated heterocycles. The number of unbranched alkanes of at least 4 members (excludes halogenated alkanes) is 5. The van der Waals surface area contributed by atoms with E-state index in [1.165, 1.54) is 37.0 Å². The average molecular weight is 296 g/mol. The molecular formula is C15H28N4S. The minimum absolute atomic E-state index is 0.534. The number of hydrogen-bond donors (Lipinski definition) is 2. The van der Waals surface area contributed by atoms with Crippen LogP contribution in [0.15, 0.2) is 11.2 Å². The number of nitrogens with zero attached hydrogens (tertiary/aromatic N) is 2. The van der Waals surface area contributed by atoms with Crippen LogP contribution in [-0.2, 0) is 13.0 Å². The van der Waals surface area contributed by atoms with E-state index in [1.807, 2.05) is 6.20 Å². The van der Waals surface area contributed by atoms with Crippen molar-refractivity contribution in [3.05, 3.63) is 16.1 Å². The van der Waals surface area contributed by atoms with Gasteiger partial charge in [0.25, 0.3) is 0 Å². The molecule has 0 aliphatic heterocycles. The van der Waals surface area contributed by atoms with Crippen LogP contribution in [0.25, 0.3) is 0 Å². The monoisotopic (exact) mass is 296 g/mol. The molecule has 0 spiro atoms. The highest BCUT2D eigenvalue weighted by Gasteiger charge is 1.99. The van der Waals surface area contributed by atoms with Crippen LogP contribution in [0, 0.1) is 0 Å². The van der Waals surface area contributed by atoms with Crippen LogP contribution in [0.1, 0.15) is 62.3 Å². The van der Waals surface area contributed by atoms with Crippen molar-refractivity contribution in [3.8, 4) is 0 Å². The summed E-state index contributed by atoms with van der Waals surface area (Å²) in [6.45, 7) is 5.88. The van der Waals surface area contributed by atoms with Crippen LogP contribution in [0.5, 0.6) is 0 Å². The standard InChI is InChI=1S/C15H28N4S/c1-3-5-6-7-8-9-10-17-15(16)19-12-14-18-11-13(4-2)20-14/h11H,3-10,12H2,1-2H3,(H3,16,17,19). The van der Waals surface area contributed by atoms with Crippen molar-refractivity contribution in [1.82, 2.24) is 10.3 Å². The number of aromatic nitrogens is 1. The van der Waals surface area contributed by atoms with Gasteiger partial charge in [0, 0.05) is 17.6 Å². The number of thiazole rings is 1. The number of hydrogen-bond acceptors (Lipinski definition) is 3. The summed E-state index contributed by atoms with van der Waals surface area (Å²) in [5.74, 6) is 0.534. The third-order valence-corrected chi connectivity index (χ3v) is 4.30. The SMILES string of the molecule is CCCCCCCCNC(N)=NCc1ncc(CC)s1. The predicted octanol–water partition coefficient (Wildman–Crippen LogP) is 3.47. The highest BCUT2D eigenvalue weighted by atomic mass is 32.1. The lowest BCUT2D eigenvalue weighted by molar-refractivity contribution is 0.601. The molecule has 1 rings (SSSR count). The Bertz CT molecular complexity index is 387. The molecule has 0 atom stereocenters. The zero-order chi connectivity index (χ0) is 14.6. The maximum absolute atomic E-state index is 5.84. The van der Waals surface area contributed by atoms with E-state index < -0.39 is 0 Å². The van der Waals surface area contributed by atoms with Crippen molar-refractivity contribution in [2.45, 2.75) is 65.3 Å². The maximum Gasteiger partial charge on any atom is 0.189 e. The average Bonchev–Trinajstić information content (AvgIpc) is 2.92. The summed E-state index contributed by atoms with van der Waals surface area (Å²) in [5.41, 5.74) is 5.84. The molecule has 20 heavy (non-hydrogen) atoms. The highest BCUT2D eigenvalue weighted by molar-refractivity contribution is 7.11. The van der Waals surface area contributed by atoms with Gasteiger partial charge in [-0.3, -0.25) is 0 Å². The summed E-state index contributed by atoms with van der Waals surface area (Å²) in [7, 11) is 0. The summed E-state index contributed by atoms with van der Waals surface area (Å²) < 4.78 is 0. The van der Waals surface area contributed by atoms with Gasteiger partial charge in [-0.1, -0.05) is 46.0 Å². The summed E-state index contributed by atoms with van der Waals surface area (Å²) in [6, 6.07) is 0. The maximum atomic E-state index is 5.84. The smallest absolute Gasteiger partial charge is 0.189 e. The van der Waals surface area contributed by atoms with Gasteiger partial charge < -0.3 is 11.1 Å². The summed E-state index contributed by atoms with van der Waals surface area (Å²) in [6.07, 6.45) is 10.7. The molecule has 0 saturated carbocycles. The second-order valence-electron chi connectivity index (χ2n) is 4.97. The topological polar surface area (TPSA) is 63.3 Å². The fourth-order valence-corrected chi connectivity index (χ4v) is 2.70. The molecular weight excluding hydrogens is 268 g/mol. The van der Waals surface area contributed by atoms with Crippen molar-refractivity contribution in [3.63, 3.8) is 0 Å². The largest absolute Gasteiger partial charge is 0.370 e. The molecule has 114 valence electrons. The Labute approximate surface area is 126 Å². The van der Waals surface area contributed by atoms with Crippen molar-refractivity contribution >= 4 is 17.3 Å². The normalized spacial score (nSPS) is 11.8. The predicted molar refractivity (Wildman–Crippen MR) is 88.2 cm³/mol. The van der Waals surface area contributed by atoms with Crippen LogP contribution in [-0.4, -0.2) is 17.5 Å². The van der Waals surface area contributed by atoms with Crippen molar-refractivity contribution < 1.29 is 0 Å². The molecule has 0 amide bonds. The Morgan fingerprint density at radius 1 is 1.25 bits per heavy atom. The second kappa shape index (κ2) is 10.7. The van der Waals surface area contributed by atoms with E-state index >= 15 is 0 Å². The number of aliphatic imine (C=N–C) groups is 1. The van der Waals surface area contributed by atoms with Crippen LogP contribution >= 0.6 is 11.3 Å². The molecule has 0 aliphatic rings. The zero-order valence-corrected chi connectivity index (χ0v) is 13.6. The fourth-order valence-electron chi connectivity index (χ4n) is 1.92. The van der Waals surface area contributed by atoms with Gasteiger partial charge in [0.2, 0.25) is 0 Å². The van der Waals surface area contributed by atoms with Gasteiger partial charge in [-0.15, -0.1) is 11.3 Å². The number of guanidine groups is 1. The zero-order valence-electron chi connectivity index (χ0n) is 12.8. The first-order chi connectivity index (χ1) is 9.76. The number of nitrogens with one attached hydrogen (secondary N) is 1. The molecule has 0 aliphatic carbocycles. The number of nitrogens with two attached hydrogens (primary N) is 1. The third kappa shape index (κ3) is 7.48. The van der Waals surface area contributed by atoms with Gasteiger partial charge in [-0.05, 0) is 12.8 Å². The number of rotatable bonds is 10. The second-order valence-corrected chi connectivity index (χ2v) is 6.17. The summed E-state index contributed by atoms with van der Waals surface area (Å²) >= 11 is 1.71. The Hall–Kier alpha value is -1.10.